The molecule has 0 radical (unpaired) electrons. The second kappa shape index (κ2) is 5.47. The van der Waals surface area contributed by atoms with Gasteiger partial charge in [-0.2, -0.15) is 0 Å². The molecule has 4 heteroatoms. The SMILES string of the molecule is Cc1cc(CN)cc(N2CCCN(C)CC2)n1. The van der Waals surface area contributed by atoms with E-state index in [1.54, 1.807) is 0 Å². The maximum absolute atomic E-state index is 5.72. The summed E-state index contributed by atoms with van der Waals surface area (Å²) in [7, 11) is 2.18. The van der Waals surface area contributed by atoms with Crippen molar-refractivity contribution in [3.63, 3.8) is 0 Å². The molecule has 0 bridgehead atoms. The lowest BCUT2D eigenvalue weighted by Crippen LogP contribution is -2.29. The predicted octanol–water partition coefficient (Wildman–Crippen LogP) is 0.991. The molecular formula is C13H22N4. The molecule has 94 valence electrons. The quantitative estimate of drug-likeness (QED) is 0.829. The van der Waals surface area contributed by atoms with Crippen LogP contribution in [0.15, 0.2) is 12.1 Å². The Kier molecular flexibility index (Phi) is 3.97. The first-order valence-corrected chi connectivity index (χ1v) is 6.30. The minimum absolute atomic E-state index is 0.587. The lowest BCUT2D eigenvalue weighted by atomic mass is 10.2. The van der Waals surface area contributed by atoms with Gasteiger partial charge in [0, 0.05) is 31.9 Å². The highest BCUT2D eigenvalue weighted by Gasteiger charge is 2.14. The smallest absolute Gasteiger partial charge is 0.129 e. The largest absolute Gasteiger partial charge is 0.355 e. The molecule has 17 heavy (non-hydrogen) atoms. The first kappa shape index (κ1) is 12.3. The summed E-state index contributed by atoms with van der Waals surface area (Å²) in [6.07, 6.45) is 1.20. The number of rotatable bonds is 2. The van der Waals surface area contributed by atoms with E-state index in [1.807, 2.05) is 6.92 Å². The van der Waals surface area contributed by atoms with E-state index in [0.717, 1.165) is 31.1 Å². The molecule has 0 amide bonds. The molecule has 4 nitrogen and oxygen atoms in total. The van der Waals surface area contributed by atoms with Crippen molar-refractivity contribution in [3.05, 3.63) is 23.4 Å². The van der Waals surface area contributed by atoms with Gasteiger partial charge < -0.3 is 15.5 Å². The molecule has 0 unspecified atom stereocenters. The van der Waals surface area contributed by atoms with Crippen molar-refractivity contribution < 1.29 is 0 Å². The van der Waals surface area contributed by atoms with Crippen molar-refractivity contribution in [1.82, 2.24) is 9.88 Å². The Hall–Kier alpha value is -1.13. The summed E-state index contributed by atoms with van der Waals surface area (Å²) >= 11 is 0. The monoisotopic (exact) mass is 234 g/mol. The van der Waals surface area contributed by atoms with Crippen molar-refractivity contribution in [1.29, 1.82) is 0 Å². The molecule has 2 N–H and O–H groups in total. The number of nitrogens with two attached hydrogens (primary N) is 1. The van der Waals surface area contributed by atoms with Gasteiger partial charge in [-0.1, -0.05) is 0 Å². The molecule has 1 saturated heterocycles. The van der Waals surface area contributed by atoms with E-state index in [9.17, 15) is 0 Å². The standard InChI is InChI=1S/C13H22N4/c1-11-8-12(10-14)9-13(15-11)17-5-3-4-16(2)6-7-17/h8-9H,3-7,10,14H2,1-2H3. The topological polar surface area (TPSA) is 45.4 Å². The number of likely N-dealkylation sites (N-methyl/N-ethyl adjacent to an activating group) is 1. The third-order valence-corrected chi connectivity index (χ3v) is 3.28. The summed E-state index contributed by atoms with van der Waals surface area (Å²) in [5.74, 6) is 1.08. The minimum atomic E-state index is 0.587. The molecule has 2 rings (SSSR count). The van der Waals surface area contributed by atoms with E-state index >= 15 is 0 Å². The number of hydrogen-bond acceptors (Lipinski definition) is 4. The lowest BCUT2D eigenvalue weighted by Gasteiger charge is -2.22. The van der Waals surface area contributed by atoms with Crippen molar-refractivity contribution in [2.75, 3.05) is 38.1 Å². The minimum Gasteiger partial charge on any atom is -0.355 e. The van der Waals surface area contributed by atoms with Crippen LogP contribution >= 0.6 is 0 Å². The second-order valence-corrected chi connectivity index (χ2v) is 4.82. The van der Waals surface area contributed by atoms with Gasteiger partial charge in [0.2, 0.25) is 0 Å². The highest BCUT2D eigenvalue weighted by atomic mass is 15.2. The molecule has 2 heterocycles. The van der Waals surface area contributed by atoms with E-state index in [2.05, 4.69) is 34.0 Å². The van der Waals surface area contributed by atoms with Crippen LogP contribution in [0.1, 0.15) is 17.7 Å². The van der Waals surface area contributed by atoms with E-state index < -0.39 is 0 Å². The molecule has 0 atom stereocenters. The highest BCUT2D eigenvalue weighted by Crippen LogP contribution is 2.16. The van der Waals surface area contributed by atoms with Gasteiger partial charge in [-0.3, -0.25) is 0 Å². The Balaban J connectivity index is 2.17. The first-order chi connectivity index (χ1) is 8.19. The molecule has 0 aliphatic carbocycles. The fraction of sp³-hybridized carbons (Fsp3) is 0.615. The number of aromatic nitrogens is 1. The summed E-state index contributed by atoms with van der Waals surface area (Å²) in [5, 5.41) is 0. The molecule has 0 saturated carbocycles. The van der Waals surface area contributed by atoms with Gasteiger partial charge >= 0.3 is 0 Å². The summed E-state index contributed by atoms with van der Waals surface area (Å²) in [4.78, 5) is 9.37. The Labute approximate surface area is 103 Å². The Morgan fingerprint density at radius 1 is 1.24 bits per heavy atom. The fourth-order valence-corrected chi connectivity index (χ4v) is 2.28. The van der Waals surface area contributed by atoms with E-state index in [4.69, 9.17) is 5.73 Å². The zero-order valence-corrected chi connectivity index (χ0v) is 10.8. The third kappa shape index (κ3) is 3.17. The predicted molar refractivity (Wildman–Crippen MR) is 71.2 cm³/mol. The van der Waals surface area contributed by atoms with Crippen LogP contribution in [0.25, 0.3) is 0 Å². The molecule has 1 aromatic rings. The molecule has 0 aromatic carbocycles. The van der Waals surface area contributed by atoms with Crippen LogP contribution < -0.4 is 10.6 Å². The van der Waals surface area contributed by atoms with E-state index in [0.29, 0.717) is 6.54 Å². The maximum Gasteiger partial charge on any atom is 0.129 e. The Morgan fingerprint density at radius 3 is 2.82 bits per heavy atom. The maximum atomic E-state index is 5.72. The summed E-state index contributed by atoms with van der Waals surface area (Å²) in [6.45, 7) is 7.04. The van der Waals surface area contributed by atoms with E-state index in [1.165, 1.54) is 18.5 Å². The van der Waals surface area contributed by atoms with Crippen molar-refractivity contribution in [2.24, 2.45) is 5.73 Å². The summed E-state index contributed by atoms with van der Waals surface area (Å²) in [5.41, 5.74) is 7.94. The second-order valence-electron chi connectivity index (χ2n) is 4.82. The van der Waals surface area contributed by atoms with Crippen molar-refractivity contribution in [2.45, 2.75) is 19.9 Å². The van der Waals surface area contributed by atoms with Gasteiger partial charge in [-0.25, -0.2) is 4.98 Å². The van der Waals surface area contributed by atoms with Gasteiger partial charge in [-0.15, -0.1) is 0 Å². The molecule has 0 spiro atoms. The summed E-state index contributed by atoms with van der Waals surface area (Å²) in [6, 6.07) is 4.19. The van der Waals surface area contributed by atoms with Crippen LogP contribution in [0.4, 0.5) is 5.82 Å². The molecule has 1 aliphatic rings. The molecule has 1 aromatic heterocycles. The van der Waals surface area contributed by atoms with Crippen LogP contribution in [0, 0.1) is 6.92 Å². The normalized spacial score (nSPS) is 18.2. The zero-order chi connectivity index (χ0) is 12.3. The van der Waals surface area contributed by atoms with E-state index in [-0.39, 0.29) is 0 Å². The van der Waals surface area contributed by atoms with Crippen LogP contribution in [0.5, 0.6) is 0 Å². The average Bonchev–Trinajstić information content (AvgIpc) is 2.53. The number of pyridine rings is 1. The molecule has 1 aliphatic heterocycles. The van der Waals surface area contributed by atoms with Crippen molar-refractivity contribution in [3.8, 4) is 0 Å². The van der Waals surface area contributed by atoms with Gasteiger partial charge in [0.25, 0.3) is 0 Å². The zero-order valence-electron chi connectivity index (χ0n) is 10.8. The Bertz CT molecular complexity index is 378. The molecule has 1 fully saturated rings. The third-order valence-electron chi connectivity index (χ3n) is 3.28. The highest BCUT2D eigenvalue weighted by molar-refractivity contribution is 5.42. The van der Waals surface area contributed by atoms with Crippen LogP contribution in [0.2, 0.25) is 0 Å². The van der Waals surface area contributed by atoms with Gasteiger partial charge in [0.15, 0.2) is 0 Å². The average molecular weight is 234 g/mol. The fourth-order valence-electron chi connectivity index (χ4n) is 2.28. The van der Waals surface area contributed by atoms with Gasteiger partial charge in [-0.05, 0) is 44.6 Å². The van der Waals surface area contributed by atoms with Gasteiger partial charge in [0.1, 0.15) is 5.82 Å². The number of anilines is 1. The van der Waals surface area contributed by atoms with Crippen LogP contribution in [-0.4, -0.2) is 43.1 Å². The summed E-state index contributed by atoms with van der Waals surface area (Å²) < 4.78 is 0. The Morgan fingerprint density at radius 2 is 2.06 bits per heavy atom. The first-order valence-electron chi connectivity index (χ1n) is 6.30. The number of aryl methyl sites for hydroxylation is 1. The molecular weight excluding hydrogens is 212 g/mol. The number of hydrogen-bond donors (Lipinski definition) is 1. The number of nitrogens with zero attached hydrogens (tertiary/aromatic N) is 3. The lowest BCUT2D eigenvalue weighted by molar-refractivity contribution is 0.360. The van der Waals surface area contributed by atoms with Crippen LogP contribution in [0.3, 0.4) is 0 Å². The van der Waals surface area contributed by atoms with Crippen LogP contribution in [-0.2, 0) is 6.54 Å². The van der Waals surface area contributed by atoms with Gasteiger partial charge in [0.05, 0.1) is 0 Å². The van der Waals surface area contributed by atoms with Crippen molar-refractivity contribution >= 4 is 5.82 Å².